The van der Waals surface area contributed by atoms with Crippen LogP contribution in [0.25, 0.3) is 0 Å². The molecule has 0 aromatic heterocycles. The summed E-state index contributed by atoms with van der Waals surface area (Å²) in [5, 5.41) is 8.54. The third kappa shape index (κ3) is 4.56. The average molecular weight is 256 g/mol. The first-order valence-electron chi connectivity index (χ1n) is 5.17. The van der Waals surface area contributed by atoms with E-state index < -0.39 is 5.97 Å². The molecule has 0 saturated carbocycles. The second-order valence-corrected chi connectivity index (χ2v) is 4.48. The Bertz CT molecular complexity index is 379. The number of rotatable bonds is 7. The number of methoxy groups -OCH3 is 2. The third-order valence-corrected chi connectivity index (χ3v) is 3.21. The molecular formula is C12H16O4S. The molecule has 1 rings (SSSR count). The quantitative estimate of drug-likeness (QED) is 0.759. The van der Waals surface area contributed by atoms with Crippen LogP contribution in [0.4, 0.5) is 0 Å². The molecule has 1 N–H and O–H groups in total. The largest absolute Gasteiger partial charge is 0.497 e. The first-order chi connectivity index (χ1) is 8.17. The molecule has 0 saturated heterocycles. The molecule has 0 amide bonds. The molecule has 4 nitrogen and oxygen atoms in total. The summed E-state index contributed by atoms with van der Waals surface area (Å²) in [6, 6.07) is 5.60. The average Bonchev–Trinajstić information content (AvgIpc) is 2.34. The van der Waals surface area contributed by atoms with Gasteiger partial charge in [0.1, 0.15) is 11.5 Å². The van der Waals surface area contributed by atoms with E-state index in [2.05, 4.69) is 0 Å². The van der Waals surface area contributed by atoms with Gasteiger partial charge in [0.15, 0.2) is 0 Å². The van der Waals surface area contributed by atoms with Gasteiger partial charge < -0.3 is 14.6 Å². The first-order valence-corrected chi connectivity index (χ1v) is 6.33. The number of aliphatic carboxylic acids is 1. The zero-order chi connectivity index (χ0) is 12.7. The molecule has 0 atom stereocenters. The van der Waals surface area contributed by atoms with Gasteiger partial charge in [-0.1, -0.05) is 0 Å². The summed E-state index contributed by atoms with van der Waals surface area (Å²) in [7, 11) is 3.23. The maximum atomic E-state index is 10.4. The molecule has 0 radical (unpaired) electrons. The van der Waals surface area contributed by atoms with E-state index >= 15 is 0 Å². The number of carboxylic acids is 1. The fourth-order valence-corrected chi connectivity index (χ4v) is 2.25. The predicted octanol–water partition coefficient (Wildman–Crippen LogP) is 2.41. The standard InChI is InChI=1S/C12H16O4S/c1-15-10-3-4-11(16-2)9(7-10)8-17-6-5-12(13)14/h3-4,7H,5-6,8H2,1-2H3,(H,13,14). The van der Waals surface area contributed by atoms with Crippen molar-refractivity contribution in [2.24, 2.45) is 0 Å². The Balaban J connectivity index is 2.58. The maximum absolute atomic E-state index is 10.4. The van der Waals surface area contributed by atoms with Gasteiger partial charge in [-0.25, -0.2) is 0 Å². The van der Waals surface area contributed by atoms with Crippen LogP contribution in [0, 0.1) is 0 Å². The number of hydrogen-bond acceptors (Lipinski definition) is 4. The number of carboxylic acid groups (broad SMARTS) is 1. The van der Waals surface area contributed by atoms with Crippen molar-refractivity contribution in [1.82, 2.24) is 0 Å². The Morgan fingerprint density at radius 2 is 2.12 bits per heavy atom. The summed E-state index contributed by atoms with van der Waals surface area (Å²) < 4.78 is 10.4. The Morgan fingerprint density at radius 3 is 2.71 bits per heavy atom. The molecule has 1 aromatic rings. The van der Waals surface area contributed by atoms with E-state index in [0.717, 1.165) is 17.1 Å². The molecule has 94 valence electrons. The first kappa shape index (κ1) is 13.7. The molecule has 0 aliphatic heterocycles. The third-order valence-electron chi connectivity index (χ3n) is 2.21. The highest BCUT2D eigenvalue weighted by molar-refractivity contribution is 7.98. The smallest absolute Gasteiger partial charge is 0.304 e. The second-order valence-electron chi connectivity index (χ2n) is 3.37. The minimum atomic E-state index is -0.768. The molecule has 0 heterocycles. The summed E-state index contributed by atoms with van der Waals surface area (Å²) in [5.74, 6) is 2.12. The van der Waals surface area contributed by atoms with Gasteiger partial charge in [-0.3, -0.25) is 4.79 Å². The summed E-state index contributed by atoms with van der Waals surface area (Å²) in [6.07, 6.45) is 0.178. The highest BCUT2D eigenvalue weighted by Crippen LogP contribution is 2.27. The number of benzene rings is 1. The number of thioether (sulfide) groups is 1. The van der Waals surface area contributed by atoms with Gasteiger partial charge in [-0.15, -0.1) is 0 Å². The molecule has 0 bridgehead atoms. The molecule has 0 fully saturated rings. The summed E-state index contributed by atoms with van der Waals surface area (Å²) >= 11 is 1.57. The van der Waals surface area contributed by atoms with Crippen molar-refractivity contribution in [1.29, 1.82) is 0 Å². The number of carbonyl (C=O) groups is 1. The maximum Gasteiger partial charge on any atom is 0.304 e. The van der Waals surface area contributed by atoms with Gasteiger partial charge in [0, 0.05) is 17.1 Å². The minimum Gasteiger partial charge on any atom is -0.497 e. The van der Waals surface area contributed by atoms with Gasteiger partial charge >= 0.3 is 5.97 Å². The number of ether oxygens (including phenoxy) is 2. The Hall–Kier alpha value is -1.36. The monoisotopic (exact) mass is 256 g/mol. The van der Waals surface area contributed by atoms with Crippen molar-refractivity contribution >= 4 is 17.7 Å². The van der Waals surface area contributed by atoms with Crippen LogP contribution in [-0.4, -0.2) is 31.0 Å². The zero-order valence-electron chi connectivity index (χ0n) is 9.93. The summed E-state index contributed by atoms with van der Waals surface area (Å²) in [4.78, 5) is 10.4. The highest BCUT2D eigenvalue weighted by Gasteiger charge is 2.05. The Morgan fingerprint density at radius 1 is 1.35 bits per heavy atom. The van der Waals surface area contributed by atoms with Crippen LogP contribution in [0.15, 0.2) is 18.2 Å². The fraction of sp³-hybridized carbons (Fsp3) is 0.417. The van der Waals surface area contributed by atoms with Crippen LogP contribution in [-0.2, 0) is 10.5 Å². The van der Waals surface area contributed by atoms with E-state index in [1.165, 1.54) is 0 Å². The SMILES string of the molecule is COc1ccc(OC)c(CSCCC(=O)O)c1. The van der Waals surface area contributed by atoms with Crippen LogP contribution in [0.1, 0.15) is 12.0 Å². The fourth-order valence-electron chi connectivity index (χ4n) is 1.34. The van der Waals surface area contributed by atoms with Crippen LogP contribution in [0.2, 0.25) is 0 Å². The zero-order valence-corrected chi connectivity index (χ0v) is 10.8. The predicted molar refractivity (Wildman–Crippen MR) is 68.0 cm³/mol. The lowest BCUT2D eigenvalue weighted by Gasteiger charge is -2.09. The van der Waals surface area contributed by atoms with E-state index in [9.17, 15) is 4.79 Å². The highest BCUT2D eigenvalue weighted by atomic mass is 32.2. The van der Waals surface area contributed by atoms with Crippen molar-refractivity contribution in [3.8, 4) is 11.5 Å². The van der Waals surface area contributed by atoms with E-state index in [1.54, 1.807) is 26.0 Å². The van der Waals surface area contributed by atoms with Crippen LogP contribution < -0.4 is 9.47 Å². The summed E-state index contributed by atoms with van der Waals surface area (Å²) in [5.41, 5.74) is 1.02. The van der Waals surface area contributed by atoms with Gasteiger partial charge in [0.25, 0.3) is 0 Å². The van der Waals surface area contributed by atoms with E-state index in [4.69, 9.17) is 14.6 Å². The normalized spacial score (nSPS) is 10.0. The Kier molecular flexibility index (Phi) is 5.69. The van der Waals surface area contributed by atoms with Crippen LogP contribution in [0.3, 0.4) is 0 Å². The van der Waals surface area contributed by atoms with E-state index in [-0.39, 0.29) is 6.42 Å². The molecule has 17 heavy (non-hydrogen) atoms. The van der Waals surface area contributed by atoms with Gasteiger partial charge in [-0.05, 0) is 18.2 Å². The van der Waals surface area contributed by atoms with Crippen molar-refractivity contribution < 1.29 is 19.4 Å². The minimum absolute atomic E-state index is 0.178. The van der Waals surface area contributed by atoms with Gasteiger partial charge in [0.2, 0.25) is 0 Å². The van der Waals surface area contributed by atoms with Crippen molar-refractivity contribution in [2.75, 3.05) is 20.0 Å². The molecule has 5 heteroatoms. The van der Waals surface area contributed by atoms with Gasteiger partial charge in [0.05, 0.1) is 20.6 Å². The van der Waals surface area contributed by atoms with Crippen molar-refractivity contribution in [3.05, 3.63) is 23.8 Å². The lowest BCUT2D eigenvalue weighted by atomic mass is 10.2. The topological polar surface area (TPSA) is 55.8 Å². The van der Waals surface area contributed by atoms with Gasteiger partial charge in [-0.2, -0.15) is 11.8 Å². The lowest BCUT2D eigenvalue weighted by Crippen LogP contribution is -1.97. The molecule has 0 aliphatic rings. The van der Waals surface area contributed by atoms with E-state index in [0.29, 0.717) is 11.5 Å². The van der Waals surface area contributed by atoms with Crippen molar-refractivity contribution in [3.63, 3.8) is 0 Å². The molecule has 0 spiro atoms. The molecule has 0 unspecified atom stereocenters. The lowest BCUT2D eigenvalue weighted by molar-refractivity contribution is -0.136. The Labute approximate surface area is 105 Å². The molecule has 1 aromatic carbocycles. The van der Waals surface area contributed by atoms with E-state index in [1.807, 2.05) is 18.2 Å². The molecule has 0 aliphatic carbocycles. The molecular weight excluding hydrogens is 240 g/mol. The van der Waals surface area contributed by atoms with Crippen LogP contribution in [0.5, 0.6) is 11.5 Å². The van der Waals surface area contributed by atoms with Crippen molar-refractivity contribution in [2.45, 2.75) is 12.2 Å². The summed E-state index contributed by atoms with van der Waals surface area (Å²) in [6.45, 7) is 0. The van der Waals surface area contributed by atoms with Crippen LogP contribution >= 0.6 is 11.8 Å². The second kappa shape index (κ2) is 7.06. The number of hydrogen-bond donors (Lipinski definition) is 1.